The Morgan fingerprint density at radius 1 is 1.00 bits per heavy atom. The number of oxazole rings is 1. The number of carboxylic acids is 1. The van der Waals surface area contributed by atoms with Crippen LogP contribution in [0.2, 0.25) is 5.02 Å². The van der Waals surface area contributed by atoms with Crippen LogP contribution in [0, 0.1) is 0 Å². The van der Waals surface area contributed by atoms with Crippen LogP contribution in [0.15, 0.2) is 89.3 Å². The van der Waals surface area contributed by atoms with Crippen molar-refractivity contribution in [3.05, 3.63) is 118 Å². The molecule has 44 heavy (non-hydrogen) atoms. The van der Waals surface area contributed by atoms with E-state index < -0.39 is 18.1 Å². The number of amides is 1. The molecule has 1 aliphatic heterocycles. The van der Waals surface area contributed by atoms with E-state index in [1.165, 1.54) is 4.90 Å². The minimum atomic E-state index is -1.08. The zero-order valence-electron chi connectivity index (χ0n) is 24.2. The average molecular weight is 611 g/mol. The standard InChI is InChI=1S/C35H31ClN2O6/c1-2-32-30(37-33(44-32)26-10-9-23-5-3-4-6-24(23)17-26)15-16-42-29-14-11-25-19-31(34(39)40)38(20-27(25)18-29)35(41)43-21-22-7-12-28(36)13-8-22/h3-14,17-18,31H,2,15-16,19-21H2,1H3,(H,39,40). The average Bonchev–Trinajstić information content (AvgIpc) is 3.46. The van der Waals surface area contributed by atoms with Gasteiger partial charge in [0.2, 0.25) is 5.89 Å². The molecule has 4 aromatic carbocycles. The van der Waals surface area contributed by atoms with E-state index in [1.807, 2.05) is 43.3 Å². The number of carboxylic acid groups (broad SMARTS) is 1. The third-order valence-corrected chi connectivity index (χ3v) is 8.06. The monoisotopic (exact) mass is 610 g/mol. The lowest BCUT2D eigenvalue weighted by atomic mass is 9.94. The number of benzene rings is 4. The number of nitrogens with zero attached hydrogens (tertiary/aromatic N) is 2. The van der Waals surface area contributed by atoms with Crippen LogP contribution in [0.25, 0.3) is 22.2 Å². The van der Waals surface area contributed by atoms with Gasteiger partial charge in [0.25, 0.3) is 0 Å². The number of carbonyl (C=O) groups is 2. The summed E-state index contributed by atoms with van der Waals surface area (Å²) >= 11 is 5.93. The van der Waals surface area contributed by atoms with Gasteiger partial charge in [0.1, 0.15) is 24.2 Å². The van der Waals surface area contributed by atoms with Crippen LogP contribution < -0.4 is 4.74 Å². The smallest absolute Gasteiger partial charge is 0.411 e. The van der Waals surface area contributed by atoms with E-state index in [1.54, 1.807) is 24.3 Å². The molecule has 0 fully saturated rings. The SMILES string of the molecule is CCc1oc(-c2ccc3ccccc3c2)nc1CCOc1ccc2c(c1)CN(C(=O)OCc1ccc(Cl)cc1)C(C(=O)O)C2. The fourth-order valence-corrected chi connectivity index (χ4v) is 5.56. The highest BCUT2D eigenvalue weighted by Gasteiger charge is 2.36. The maximum Gasteiger partial charge on any atom is 0.411 e. The van der Waals surface area contributed by atoms with E-state index in [4.69, 9.17) is 30.5 Å². The van der Waals surface area contributed by atoms with E-state index in [2.05, 4.69) is 24.3 Å². The fourth-order valence-electron chi connectivity index (χ4n) is 5.44. The van der Waals surface area contributed by atoms with Crippen molar-refractivity contribution in [2.45, 2.75) is 45.4 Å². The Hall–Kier alpha value is -4.82. The molecular formula is C35H31ClN2O6. The van der Waals surface area contributed by atoms with E-state index in [-0.39, 0.29) is 19.6 Å². The number of carbonyl (C=O) groups excluding carboxylic acids is 1. The molecule has 0 saturated heterocycles. The Morgan fingerprint density at radius 3 is 2.57 bits per heavy atom. The van der Waals surface area contributed by atoms with Gasteiger partial charge in [0.15, 0.2) is 0 Å². The predicted molar refractivity (Wildman–Crippen MR) is 167 cm³/mol. The van der Waals surface area contributed by atoms with Crippen LogP contribution in [0.4, 0.5) is 4.79 Å². The highest BCUT2D eigenvalue weighted by molar-refractivity contribution is 6.30. The zero-order valence-corrected chi connectivity index (χ0v) is 24.9. The van der Waals surface area contributed by atoms with Crippen LogP contribution in [-0.2, 0) is 41.9 Å². The number of fused-ring (bicyclic) bond motifs is 2. The number of ether oxygens (including phenoxy) is 2. The molecule has 2 heterocycles. The first kappa shape index (κ1) is 29.3. The van der Waals surface area contributed by atoms with Crippen molar-refractivity contribution in [3.63, 3.8) is 0 Å². The fraction of sp³-hybridized carbons (Fsp3) is 0.229. The quantitative estimate of drug-likeness (QED) is 0.185. The third-order valence-electron chi connectivity index (χ3n) is 7.81. The first-order valence-corrected chi connectivity index (χ1v) is 14.9. The molecule has 6 rings (SSSR count). The minimum absolute atomic E-state index is 0.0131. The molecular weight excluding hydrogens is 580 g/mol. The predicted octanol–water partition coefficient (Wildman–Crippen LogP) is 7.48. The van der Waals surface area contributed by atoms with Gasteiger partial charge in [0.05, 0.1) is 18.8 Å². The molecule has 0 aliphatic carbocycles. The highest BCUT2D eigenvalue weighted by atomic mass is 35.5. The van der Waals surface area contributed by atoms with Gasteiger partial charge in [-0.2, -0.15) is 0 Å². The maximum atomic E-state index is 13.0. The molecule has 1 atom stereocenters. The summed E-state index contributed by atoms with van der Waals surface area (Å²) in [7, 11) is 0. The van der Waals surface area contributed by atoms with Gasteiger partial charge in [-0.15, -0.1) is 0 Å². The molecule has 0 spiro atoms. The number of halogens is 1. The molecule has 1 aromatic heterocycles. The largest absolute Gasteiger partial charge is 0.493 e. The summed E-state index contributed by atoms with van der Waals surface area (Å²) in [6.07, 6.45) is 0.757. The Morgan fingerprint density at radius 2 is 1.80 bits per heavy atom. The number of aliphatic carboxylic acids is 1. The van der Waals surface area contributed by atoms with Gasteiger partial charge in [-0.25, -0.2) is 14.6 Å². The van der Waals surface area contributed by atoms with Gasteiger partial charge in [-0.05, 0) is 63.9 Å². The third kappa shape index (κ3) is 6.40. The van der Waals surface area contributed by atoms with Crippen molar-refractivity contribution in [2.75, 3.05) is 6.61 Å². The molecule has 0 saturated carbocycles. The van der Waals surface area contributed by atoms with Crippen LogP contribution in [0.5, 0.6) is 5.75 Å². The lowest BCUT2D eigenvalue weighted by Gasteiger charge is -2.33. The molecule has 1 N–H and O–H groups in total. The van der Waals surface area contributed by atoms with E-state index in [0.29, 0.717) is 36.1 Å². The van der Waals surface area contributed by atoms with Crippen molar-refractivity contribution in [1.29, 1.82) is 0 Å². The van der Waals surface area contributed by atoms with Crippen molar-refractivity contribution >= 4 is 34.4 Å². The molecule has 224 valence electrons. The lowest BCUT2D eigenvalue weighted by molar-refractivity contribution is -0.143. The van der Waals surface area contributed by atoms with Crippen molar-refractivity contribution in [1.82, 2.24) is 9.88 Å². The maximum absolute atomic E-state index is 13.0. The summed E-state index contributed by atoms with van der Waals surface area (Å²) in [5, 5.41) is 12.7. The topological polar surface area (TPSA) is 102 Å². The van der Waals surface area contributed by atoms with Crippen LogP contribution in [0.1, 0.15) is 35.1 Å². The van der Waals surface area contributed by atoms with Crippen molar-refractivity contribution in [3.8, 4) is 17.2 Å². The number of hydrogen-bond acceptors (Lipinski definition) is 6. The summed E-state index contributed by atoms with van der Waals surface area (Å²) in [6, 6.07) is 25.8. The molecule has 1 amide bonds. The number of aromatic nitrogens is 1. The van der Waals surface area contributed by atoms with E-state index in [9.17, 15) is 14.7 Å². The number of hydrogen-bond donors (Lipinski definition) is 1. The molecule has 1 unspecified atom stereocenters. The Bertz CT molecular complexity index is 1820. The molecule has 0 radical (unpaired) electrons. The number of rotatable bonds is 9. The van der Waals surface area contributed by atoms with Crippen molar-refractivity contribution in [2.24, 2.45) is 0 Å². The normalized spacial score (nSPS) is 14.3. The van der Waals surface area contributed by atoms with Gasteiger partial charge < -0.3 is 19.0 Å². The Balaban J connectivity index is 1.11. The summed E-state index contributed by atoms with van der Waals surface area (Å²) in [5.41, 5.74) is 4.21. The Kier molecular flexibility index (Phi) is 8.52. The summed E-state index contributed by atoms with van der Waals surface area (Å²) in [4.78, 5) is 31.0. The molecule has 9 heteroatoms. The minimum Gasteiger partial charge on any atom is -0.493 e. The van der Waals surface area contributed by atoms with Crippen LogP contribution in [-0.4, -0.2) is 39.7 Å². The molecule has 8 nitrogen and oxygen atoms in total. The van der Waals surface area contributed by atoms with Gasteiger partial charge in [-0.3, -0.25) is 4.90 Å². The second kappa shape index (κ2) is 12.8. The molecule has 5 aromatic rings. The van der Waals surface area contributed by atoms with E-state index >= 15 is 0 Å². The number of aryl methyl sites for hydroxylation is 1. The second-order valence-corrected chi connectivity index (χ2v) is 11.1. The lowest BCUT2D eigenvalue weighted by Crippen LogP contribution is -2.48. The first-order valence-electron chi connectivity index (χ1n) is 14.5. The Labute approximate surface area is 259 Å². The van der Waals surface area contributed by atoms with Crippen molar-refractivity contribution < 1.29 is 28.6 Å². The van der Waals surface area contributed by atoms with Gasteiger partial charge in [-0.1, -0.05) is 67.1 Å². The summed E-state index contributed by atoms with van der Waals surface area (Å²) in [5.74, 6) is 0.965. The van der Waals surface area contributed by atoms with Crippen LogP contribution >= 0.6 is 11.6 Å². The molecule has 1 aliphatic rings. The van der Waals surface area contributed by atoms with Crippen LogP contribution in [0.3, 0.4) is 0 Å². The van der Waals surface area contributed by atoms with E-state index in [0.717, 1.165) is 44.5 Å². The van der Waals surface area contributed by atoms with Gasteiger partial charge in [0, 0.05) is 29.8 Å². The summed E-state index contributed by atoms with van der Waals surface area (Å²) < 4.78 is 17.7. The molecule has 0 bridgehead atoms. The summed E-state index contributed by atoms with van der Waals surface area (Å²) in [6.45, 7) is 2.52. The first-order chi connectivity index (χ1) is 21.4. The second-order valence-electron chi connectivity index (χ2n) is 10.7. The van der Waals surface area contributed by atoms with Gasteiger partial charge >= 0.3 is 12.1 Å². The highest BCUT2D eigenvalue weighted by Crippen LogP contribution is 2.29. The zero-order chi connectivity index (χ0) is 30.6.